The van der Waals surface area contributed by atoms with Gasteiger partial charge >= 0.3 is 11.3 Å². The SMILES string of the molecule is O.O.[O-][Cl+]O.[Zn]. The topological polar surface area (TPSA) is 106 Å². The molecule has 0 heterocycles. The fourth-order valence-corrected chi connectivity index (χ4v) is 0. The maximum atomic E-state index is 8.35. The van der Waals surface area contributed by atoms with Crippen LogP contribution in [0, 0.1) is 11.3 Å². The van der Waals surface area contributed by atoms with Crippen molar-refractivity contribution in [1.29, 1.82) is 0 Å². The average molecular weight is 170 g/mol. The van der Waals surface area contributed by atoms with E-state index in [1.54, 1.807) is 0 Å². The van der Waals surface area contributed by atoms with Crippen molar-refractivity contribution in [3.8, 4) is 0 Å². The molecule has 0 unspecified atom stereocenters. The Morgan fingerprint density at radius 3 is 1.33 bits per heavy atom. The van der Waals surface area contributed by atoms with E-state index in [4.69, 9.17) is 9.32 Å². The van der Waals surface area contributed by atoms with Crippen molar-refractivity contribution in [2.45, 2.75) is 0 Å². The normalized spacial score (nSPS) is 3.00. The molecule has 0 spiro atoms. The molecule has 0 atom stereocenters. The second-order valence-electron chi connectivity index (χ2n) is 0.0690. The summed E-state index contributed by atoms with van der Waals surface area (Å²) in [5.74, 6) is 0. The largest absolute Gasteiger partial charge is 0.506 e. The van der Waals surface area contributed by atoms with Gasteiger partial charge in [0.1, 0.15) is 0 Å². The minimum atomic E-state index is -0.167. The zero-order valence-electron chi connectivity index (χ0n) is 2.94. The molecule has 0 rings (SSSR count). The van der Waals surface area contributed by atoms with E-state index in [0.717, 1.165) is 0 Å². The predicted molar refractivity (Wildman–Crippen MR) is 9.45 cm³/mol. The molecule has 0 aromatic rings. The first-order valence-electron chi connectivity index (χ1n) is 0.323. The van der Waals surface area contributed by atoms with Gasteiger partial charge in [-0.3, -0.25) is 0 Å². The molecule has 38 valence electrons. The minimum absolute atomic E-state index is 0. The van der Waals surface area contributed by atoms with Gasteiger partial charge in [0.2, 0.25) is 0 Å². The van der Waals surface area contributed by atoms with Crippen LogP contribution in [-0.4, -0.2) is 15.6 Å². The van der Waals surface area contributed by atoms with E-state index < -0.39 is 0 Å². The molecular formula is H5ClO4Zn. The van der Waals surface area contributed by atoms with Gasteiger partial charge in [-0.15, -0.1) is 4.66 Å². The van der Waals surface area contributed by atoms with Crippen LogP contribution in [0.5, 0.6) is 0 Å². The Hall–Kier alpha value is 0.753. The van der Waals surface area contributed by atoms with E-state index in [2.05, 4.69) is 0 Å². The molecule has 0 amide bonds. The molecule has 0 saturated heterocycles. The van der Waals surface area contributed by atoms with Gasteiger partial charge < -0.3 is 15.6 Å². The summed E-state index contributed by atoms with van der Waals surface area (Å²) in [7, 11) is 0. The van der Waals surface area contributed by atoms with Crippen LogP contribution in [0.3, 0.4) is 0 Å². The van der Waals surface area contributed by atoms with Gasteiger partial charge in [0.15, 0.2) is 0 Å². The van der Waals surface area contributed by atoms with E-state index in [1.807, 2.05) is 0 Å². The van der Waals surface area contributed by atoms with E-state index >= 15 is 0 Å². The van der Waals surface area contributed by atoms with Crippen molar-refractivity contribution in [2.24, 2.45) is 0 Å². The van der Waals surface area contributed by atoms with Crippen LogP contribution in [0.1, 0.15) is 0 Å². The van der Waals surface area contributed by atoms with Crippen molar-refractivity contribution >= 4 is 0 Å². The summed E-state index contributed by atoms with van der Waals surface area (Å²) in [4.78, 5) is 0. The Bertz CT molecular complexity index is 7.51. The van der Waals surface area contributed by atoms with E-state index in [0.29, 0.717) is 0 Å². The van der Waals surface area contributed by atoms with Crippen LogP contribution in [-0.2, 0) is 19.5 Å². The Kier molecular flexibility index (Phi) is 208. The van der Waals surface area contributed by atoms with Gasteiger partial charge in [-0.1, -0.05) is 0 Å². The molecule has 6 heavy (non-hydrogen) atoms. The molecule has 6 heteroatoms. The number of hydrogen-bond donors (Lipinski definition) is 1. The minimum Gasteiger partial charge on any atom is -0.506 e. The van der Waals surface area contributed by atoms with Gasteiger partial charge in [-0.2, -0.15) is 0 Å². The van der Waals surface area contributed by atoms with Crippen molar-refractivity contribution in [1.82, 2.24) is 0 Å². The summed E-state index contributed by atoms with van der Waals surface area (Å²) in [5.41, 5.74) is 0. The quantitative estimate of drug-likeness (QED) is 0.382. The molecule has 0 aliphatic rings. The molecular weight excluding hydrogens is 165 g/mol. The number of rotatable bonds is 0. The van der Waals surface area contributed by atoms with Gasteiger partial charge in [-0.05, 0) is 0 Å². The number of hydrogen-bond acceptors (Lipinski definition) is 2. The van der Waals surface area contributed by atoms with Crippen LogP contribution < -0.4 is 4.66 Å². The smallest absolute Gasteiger partial charge is 0.327 e. The maximum Gasteiger partial charge on any atom is 0.327 e. The molecule has 0 fully saturated rings. The summed E-state index contributed by atoms with van der Waals surface area (Å²) < 4.78 is 15.2. The molecule has 0 aliphatic heterocycles. The Balaban J connectivity index is -0.00000000667. The molecule has 0 saturated carbocycles. The first-order valence-corrected chi connectivity index (χ1v) is 0.970. The number of halogens is 1. The summed E-state index contributed by atoms with van der Waals surface area (Å²) in [6.45, 7) is 0. The zero-order chi connectivity index (χ0) is 2.71. The van der Waals surface area contributed by atoms with Crippen molar-refractivity contribution in [3.05, 3.63) is 0 Å². The van der Waals surface area contributed by atoms with Crippen molar-refractivity contribution in [2.75, 3.05) is 0 Å². The molecule has 0 bridgehead atoms. The van der Waals surface area contributed by atoms with Gasteiger partial charge in [0.05, 0.1) is 0 Å². The summed E-state index contributed by atoms with van der Waals surface area (Å²) in [6.07, 6.45) is 0. The monoisotopic (exact) mass is 168 g/mol. The second-order valence-corrected chi connectivity index (χ2v) is 0.207. The summed E-state index contributed by atoms with van der Waals surface area (Å²) in [6, 6.07) is 0. The molecule has 4 nitrogen and oxygen atoms in total. The Morgan fingerprint density at radius 1 is 1.33 bits per heavy atom. The summed E-state index contributed by atoms with van der Waals surface area (Å²) >= 11 is -0.167. The molecule has 0 aromatic heterocycles. The predicted octanol–water partition coefficient (Wildman–Crippen LogP) is -3.40. The Labute approximate surface area is 51.6 Å². The zero-order valence-corrected chi connectivity index (χ0v) is 6.66. The van der Waals surface area contributed by atoms with Gasteiger partial charge in [0, 0.05) is 19.5 Å². The van der Waals surface area contributed by atoms with Gasteiger partial charge in [-0.25, -0.2) is 0 Å². The second kappa shape index (κ2) is 42.3. The van der Waals surface area contributed by atoms with Crippen molar-refractivity contribution in [3.63, 3.8) is 0 Å². The third kappa shape index (κ3) is 118. The summed E-state index contributed by atoms with van der Waals surface area (Å²) in [5, 5.41) is 0. The Morgan fingerprint density at radius 2 is 1.33 bits per heavy atom. The third-order valence-corrected chi connectivity index (χ3v) is 0. The van der Waals surface area contributed by atoms with Gasteiger partial charge in [0.25, 0.3) is 0 Å². The fraction of sp³-hybridized carbons (Fsp3) is 0. The maximum absolute atomic E-state index is 8.35. The van der Waals surface area contributed by atoms with E-state index in [9.17, 15) is 0 Å². The van der Waals surface area contributed by atoms with Crippen LogP contribution in [0.2, 0.25) is 0 Å². The standard InChI is InChI=1S/ClHO2.2H2O.Zn/c2-1-3;;;/h2H;2*1H2;. The van der Waals surface area contributed by atoms with E-state index in [1.165, 1.54) is 0 Å². The third-order valence-electron chi connectivity index (χ3n) is 0. The van der Waals surface area contributed by atoms with Crippen molar-refractivity contribution < 1.29 is 51.1 Å². The van der Waals surface area contributed by atoms with Crippen LogP contribution in [0.25, 0.3) is 0 Å². The molecule has 0 radical (unpaired) electrons. The average Bonchev–Trinajstić information content (AvgIpc) is 0.918. The molecule has 5 N–H and O–H groups in total. The fourth-order valence-electron chi connectivity index (χ4n) is 0. The molecule has 0 aromatic carbocycles. The van der Waals surface area contributed by atoms with Crippen LogP contribution >= 0.6 is 0 Å². The molecule has 0 aliphatic carbocycles. The first kappa shape index (κ1) is 29.5. The first-order chi connectivity index (χ1) is 1.41. The van der Waals surface area contributed by atoms with E-state index in [-0.39, 0.29) is 41.8 Å². The van der Waals surface area contributed by atoms with Crippen LogP contribution in [0.15, 0.2) is 0 Å². The van der Waals surface area contributed by atoms with Crippen LogP contribution in [0.4, 0.5) is 0 Å².